The highest BCUT2D eigenvalue weighted by Gasteiger charge is 2.31. The Morgan fingerprint density at radius 1 is 0.970 bits per heavy atom. The third kappa shape index (κ3) is 5.78. The highest BCUT2D eigenvalue weighted by molar-refractivity contribution is 7.89. The predicted molar refractivity (Wildman–Crippen MR) is 113 cm³/mol. The second-order valence-corrected chi connectivity index (χ2v) is 8.96. The van der Waals surface area contributed by atoms with Crippen LogP contribution in [0, 0.1) is 0 Å². The fourth-order valence-corrected chi connectivity index (χ4v) is 4.61. The van der Waals surface area contributed by atoms with Gasteiger partial charge in [-0.15, -0.1) is 13.2 Å². The molecule has 33 heavy (non-hydrogen) atoms. The van der Waals surface area contributed by atoms with E-state index in [0.717, 1.165) is 0 Å². The Bertz CT molecular complexity index is 1200. The van der Waals surface area contributed by atoms with Crippen molar-refractivity contribution in [2.24, 2.45) is 0 Å². The second-order valence-electron chi connectivity index (χ2n) is 7.03. The minimum absolute atomic E-state index is 0.182. The molecule has 1 aromatic heterocycles. The first-order valence-electron chi connectivity index (χ1n) is 9.84. The molecule has 1 aliphatic heterocycles. The third-order valence-corrected chi connectivity index (χ3v) is 6.70. The number of sulfonamides is 1. The average molecular weight is 480 g/mol. The van der Waals surface area contributed by atoms with E-state index in [1.807, 2.05) is 0 Å². The van der Waals surface area contributed by atoms with Crippen molar-refractivity contribution in [1.82, 2.24) is 14.3 Å². The Balaban J connectivity index is 1.47. The summed E-state index contributed by atoms with van der Waals surface area (Å²) in [5, 5.41) is 2.98. The number of morpholine rings is 1. The summed E-state index contributed by atoms with van der Waals surface area (Å²) < 4.78 is 72.8. The van der Waals surface area contributed by atoms with Gasteiger partial charge in [-0.1, -0.05) is 12.1 Å². The number of nitrogens with one attached hydrogen (secondary N) is 1. The van der Waals surface area contributed by atoms with Crippen LogP contribution in [0.15, 0.2) is 65.8 Å². The smallest absolute Gasteiger partial charge is 0.406 e. The van der Waals surface area contributed by atoms with Crippen molar-refractivity contribution >= 4 is 21.5 Å². The lowest BCUT2D eigenvalue weighted by molar-refractivity contribution is -0.274. The van der Waals surface area contributed by atoms with E-state index in [4.69, 9.17) is 4.74 Å². The largest absolute Gasteiger partial charge is 0.573 e. The molecule has 0 saturated carbocycles. The van der Waals surface area contributed by atoms with Crippen molar-refractivity contribution in [2.75, 3.05) is 31.6 Å². The summed E-state index contributed by atoms with van der Waals surface area (Å²) in [5.41, 5.74) is 1.72. The van der Waals surface area contributed by atoms with Crippen molar-refractivity contribution in [1.29, 1.82) is 0 Å². The highest BCUT2D eigenvalue weighted by atomic mass is 32.2. The molecule has 1 N–H and O–H groups in total. The van der Waals surface area contributed by atoms with Crippen LogP contribution in [0.1, 0.15) is 0 Å². The van der Waals surface area contributed by atoms with Crippen LogP contribution in [-0.2, 0) is 14.8 Å². The molecular weight excluding hydrogens is 461 g/mol. The lowest BCUT2D eigenvalue weighted by Crippen LogP contribution is -2.40. The van der Waals surface area contributed by atoms with Gasteiger partial charge < -0.3 is 14.8 Å². The van der Waals surface area contributed by atoms with E-state index >= 15 is 0 Å². The second kappa shape index (κ2) is 9.33. The maximum absolute atomic E-state index is 12.8. The van der Waals surface area contributed by atoms with Gasteiger partial charge in [0, 0.05) is 30.4 Å². The van der Waals surface area contributed by atoms with E-state index in [9.17, 15) is 21.6 Å². The molecule has 1 aliphatic rings. The van der Waals surface area contributed by atoms with E-state index in [0.29, 0.717) is 49.1 Å². The number of nitrogens with zero attached hydrogens (tertiary/aromatic N) is 3. The standard InChI is InChI=1S/C21H19F3N4O4S/c22-21(23,24)32-17-5-3-16(4-6-17)27-20-13-19(25-14-26-20)15-1-7-18(8-2-15)33(29,30)28-9-11-31-12-10-28/h1-8,13-14H,9-12H2,(H,25,26,27). The Kier molecular flexibility index (Phi) is 6.49. The molecular formula is C21H19F3N4O4S. The topological polar surface area (TPSA) is 93.7 Å². The van der Waals surface area contributed by atoms with Gasteiger partial charge >= 0.3 is 6.36 Å². The minimum Gasteiger partial charge on any atom is -0.406 e. The van der Waals surface area contributed by atoms with Crippen LogP contribution in [0.25, 0.3) is 11.3 Å². The molecule has 12 heteroatoms. The van der Waals surface area contributed by atoms with E-state index in [2.05, 4.69) is 20.0 Å². The molecule has 174 valence electrons. The highest BCUT2D eigenvalue weighted by Crippen LogP contribution is 2.27. The van der Waals surface area contributed by atoms with Crippen molar-refractivity contribution < 1.29 is 31.1 Å². The van der Waals surface area contributed by atoms with Gasteiger partial charge in [-0.3, -0.25) is 0 Å². The molecule has 0 aliphatic carbocycles. The summed E-state index contributed by atoms with van der Waals surface area (Å²) in [7, 11) is -3.60. The number of hydrogen-bond donors (Lipinski definition) is 1. The molecule has 2 aromatic carbocycles. The molecule has 4 rings (SSSR count). The molecule has 0 bridgehead atoms. The number of hydrogen-bond acceptors (Lipinski definition) is 7. The molecule has 0 unspecified atom stereocenters. The molecule has 8 nitrogen and oxygen atoms in total. The van der Waals surface area contributed by atoms with E-state index in [-0.39, 0.29) is 10.6 Å². The Morgan fingerprint density at radius 3 is 2.27 bits per heavy atom. The van der Waals surface area contributed by atoms with Crippen LogP contribution in [0.4, 0.5) is 24.7 Å². The average Bonchev–Trinajstić information content (AvgIpc) is 2.80. The summed E-state index contributed by atoms with van der Waals surface area (Å²) in [6.07, 6.45) is -3.43. The van der Waals surface area contributed by atoms with Crippen LogP contribution >= 0.6 is 0 Å². The van der Waals surface area contributed by atoms with E-state index in [1.165, 1.54) is 47.0 Å². The van der Waals surface area contributed by atoms with Crippen LogP contribution in [0.2, 0.25) is 0 Å². The summed E-state index contributed by atoms with van der Waals surface area (Å²) in [5.74, 6) is 0.0815. The maximum Gasteiger partial charge on any atom is 0.573 e. The first-order chi connectivity index (χ1) is 15.7. The first kappa shape index (κ1) is 23.0. The number of aromatic nitrogens is 2. The minimum atomic E-state index is -4.76. The van der Waals surface area contributed by atoms with Crippen molar-refractivity contribution in [3.63, 3.8) is 0 Å². The van der Waals surface area contributed by atoms with Crippen LogP contribution in [0.3, 0.4) is 0 Å². The summed E-state index contributed by atoms with van der Waals surface area (Å²) in [6, 6.07) is 13.2. The Labute approximate surface area is 188 Å². The van der Waals surface area contributed by atoms with E-state index < -0.39 is 16.4 Å². The van der Waals surface area contributed by atoms with Gasteiger partial charge in [-0.2, -0.15) is 4.31 Å². The fraction of sp³-hybridized carbons (Fsp3) is 0.238. The molecule has 1 fully saturated rings. The molecule has 0 atom stereocenters. The summed E-state index contributed by atoms with van der Waals surface area (Å²) in [4.78, 5) is 8.51. The van der Waals surface area contributed by atoms with Gasteiger partial charge in [0.05, 0.1) is 23.8 Å². The van der Waals surface area contributed by atoms with Gasteiger partial charge in [0.2, 0.25) is 10.0 Å². The van der Waals surface area contributed by atoms with Gasteiger partial charge in [0.1, 0.15) is 17.9 Å². The van der Waals surface area contributed by atoms with Gasteiger partial charge in [0.25, 0.3) is 0 Å². The van der Waals surface area contributed by atoms with Crippen molar-refractivity contribution in [2.45, 2.75) is 11.3 Å². The quantitative estimate of drug-likeness (QED) is 0.574. The van der Waals surface area contributed by atoms with Gasteiger partial charge in [-0.05, 0) is 36.4 Å². The summed E-state index contributed by atoms with van der Waals surface area (Å²) in [6.45, 7) is 1.36. The molecule has 0 amide bonds. The number of ether oxygens (including phenoxy) is 2. The first-order valence-corrected chi connectivity index (χ1v) is 11.3. The number of halogens is 3. The molecule has 3 aromatic rings. The van der Waals surface area contributed by atoms with Gasteiger partial charge in [-0.25, -0.2) is 18.4 Å². The SMILES string of the molecule is O=S(=O)(c1ccc(-c2cc(Nc3ccc(OC(F)(F)F)cc3)ncn2)cc1)N1CCOCC1. The van der Waals surface area contributed by atoms with Crippen LogP contribution in [-0.4, -0.2) is 55.4 Å². The zero-order valence-electron chi connectivity index (χ0n) is 17.1. The normalized spacial score (nSPS) is 15.2. The van der Waals surface area contributed by atoms with Crippen LogP contribution < -0.4 is 10.1 Å². The lowest BCUT2D eigenvalue weighted by atomic mass is 10.1. The van der Waals surface area contributed by atoms with Crippen molar-refractivity contribution in [3.05, 3.63) is 60.9 Å². The summed E-state index contributed by atoms with van der Waals surface area (Å²) >= 11 is 0. The third-order valence-electron chi connectivity index (χ3n) is 4.79. The molecule has 0 spiro atoms. The zero-order chi connectivity index (χ0) is 23.5. The number of anilines is 2. The molecule has 1 saturated heterocycles. The maximum atomic E-state index is 12.8. The predicted octanol–water partition coefficient (Wildman–Crippen LogP) is 3.81. The van der Waals surface area contributed by atoms with Crippen molar-refractivity contribution in [3.8, 4) is 17.0 Å². The number of rotatable bonds is 6. The van der Waals surface area contributed by atoms with Crippen LogP contribution in [0.5, 0.6) is 5.75 Å². The Morgan fingerprint density at radius 2 is 1.64 bits per heavy atom. The molecule has 0 radical (unpaired) electrons. The lowest BCUT2D eigenvalue weighted by Gasteiger charge is -2.26. The van der Waals surface area contributed by atoms with E-state index in [1.54, 1.807) is 18.2 Å². The fourth-order valence-electron chi connectivity index (χ4n) is 3.21. The number of benzene rings is 2. The number of alkyl halides is 3. The Hall–Kier alpha value is -3.22. The monoisotopic (exact) mass is 480 g/mol. The zero-order valence-corrected chi connectivity index (χ0v) is 17.9. The van der Waals surface area contributed by atoms with Gasteiger partial charge in [0.15, 0.2) is 0 Å². The molecule has 2 heterocycles.